The van der Waals surface area contributed by atoms with Gasteiger partial charge < -0.3 is 0 Å². The van der Waals surface area contributed by atoms with Crippen LogP contribution >= 0.6 is 23.2 Å². The summed E-state index contributed by atoms with van der Waals surface area (Å²) in [5, 5.41) is 1.19. The Hall–Kier alpha value is 0.288. The summed E-state index contributed by atoms with van der Waals surface area (Å²) in [5.41, 5.74) is 0.663. The van der Waals surface area contributed by atoms with E-state index in [-0.39, 0.29) is 0 Å². The number of rotatable bonds is 1. The summed E-state index contributed by atoms with van der Waals surface area (Å²) < 4.78 is 3.92. The second-order valence-electron chi connectivity index (χ2n) is 1.66. The Bertz CT molecular complexity index is 242. The van der Waals surface area contributed by atoms with Gasteiger partial charge in [-0.1, -0.05) is 0 Å². The van der Waals surface area contributed by atoms with Crippen LogP contribution in [0.3, 0.4) is 0 Å². The van der Waals surface area contributed by atoms with Gasteiger partial charge in [-0.05, 0) is 0 Å². The van der Waals surface area contributed by atoms with E-state index in [1.165, 1.54) is 0 Å². The molecule has 0 N–H and O–H groups in total. The van der Waals surface area contributed by atoms with Crippen LogP contribution in [0.5, 0.6) is 0 Å². The molecule has 0 unspecified atom stereocenters. The van der Waals surface area contributed by atoms with Crippen LogP contribution in [0.2, 0.25) is 10.0 Å². The molecule has 1 rings (SSSR count). The maximum absolute atomic E-state index is 5.75. The van der Waals surface area contributed by atoms with E-state index in [0.717, 1.165) is 0 Å². The molecule has 0 fully saturated rings. The van der Waals surface area contributed by atoms with E-state index in [2.05, 4.69) is 3.50 Å². The van der Waals surface area contributed by atoms with Crippen molar-refractivity contribution >= 4 is 28.9 Å². The molecule has 0 heterocycles. The second-order valence-corrected chi connectivity index (χ2v) is 2.92. The van der Waals surface area contributed by atoms with E-state index in [0.29, 0.717) is 15.7 Å². The molecule has 0 saturated carbocycles. The summed E-state index contributed by atoms with van der Waals surface area (Å²) in [6.45, 7) is 0. The molecule has 0 bridgehead atoms. The molecular formula is C6H3Cl2MoN. The molecule has 4 heteroatoms. The van der Waals surface area contributed by atoms with Crippen molar-refractivity contribution in [3.8, 4) is 0 Å². The van der Waals surface area contributed by atoms with Crippen LogP contribution < -0.4 is 0 Å². The topological polar surface area (TPSA) is 12.4 Å². The normalized spacial score (nSPS) is 9.40. The number of halogens is 2. The summed E-state index contributed by atoms with van der Waals surface area (Å²) in [4.78, 5) is 0. The Morgan fingerprint density at radius 3 is 2.00 bits per heavy atom. The van der Waals surface area contributed by atoms with Crippen molar-refractivity contribution in [1.82, 2.24) is 0 Å². The predicted octanol–water partition coefficient (Wildman–Crippen LogP) is 3.36. The van der Waals surface area contributed by atoms with Crippen LogP contribution in [-0.2, 0) is 19.6 Å². The summed E-state index contributed by atoms with van der Waals surface area (Å²) >= 11 is 13.1. The molecule has 0 atom stereocenters. The number of hydrogen-bond donors (Lipinski definition) is 0. The van der Waals surface area contributed by atoms with Crippen LogP contribution in [0, 0.1) is 0 Å². The van der Waals surface area contributed by atoms with Gasteiger partial charge in [-0.25, -0.2) is 0 Å². The Morgan fingerprint density at radius 1 is 1.20 bits per heavy atom. The van der Waals surface area contributed by atoms with Gasteiger partial charge in [-0.3, -0.25) is 0 Å². The third-order valence-electron chi connectivity index (χ3n) is 1.03. The number of nitrogens with zero attached hydrogens (tertiary/aromatic N) is 1. The molecule has 0 amide bonds. The summed E-state index contributed by atoms with van der Waals surface area (Å²) in [5.74, 6) is 0. The molecule has 1 aromatic carbocycles. The van der Waals surface area contributed by atoms with E-state index < -0.39 is 0 Å². The molecule has 1 nitrogen and oxygen atoms in total. The van der Waals surface area contributed by atoms with Crippen molar-refractivity contribution in [2.75, 3.05) is 0 Å². The SMILES string of the molecule is Clc1cccc(Cl)c1[N]=[Mo]. The fraction of sp³-hybridized carbons (Fsp3) is 0. The standard InChI is InChI=1S/C6H3Cl2N.Mo/c7-4-2-1-3-5(8)6(4)9;/h1-3H;. The van der Waals surface area contributed by atoms with Crippen molar-refractivity contribution in [3.63, 3.8) is 0 Å². The van der Waals surface area contributed by atoms with Crippen molar-refractivity contribution < 1.29 is 19.6 Å². The Kier molecular flexibility index (Phi) is 3.03. The minimum atomic E-state index is 0.595. The fourth-order valence-electron chi connectivity index (χ4n) is 0.576. The summed E-state index contributed by atoms with van der Waals surface area (Å²) in [6, 6.07) is 5.31. The maximum atomic E-state index is 5.75. The first kappa shape index (κ1) is 8.39. The third kappa shape index (κ3) is 1.66. The van der Waals surface area contributed by atoms with E-state index in [1.54, 1.807) is 37.8 Å². The monoisotopic (exact) mass is 257 g/mol. The van der Waals surface area contributed by atoms with Gasteiger partial charge in [0.1, 0.15) is 0 Å². The molecule has 0 saturated heterocycles. The molecule has 10 heavy (non-hydrogen) atoms. The van der Waals surface area contributed by atoms with Crippen molar-refractivity contribution in [3.05, 3.63) is 28.2 Å². The fourth-order valence-corrected chi connectivity index (χ4v) is 1.81. The molecule has 52 valence electrons. The van der Waals surface area contributed by atoms with E-state index >= 15 is 0 Å². The average molecular weight is 256 g/mol. The molecule has 0 spiro atoms. The first-order valence-electron chi connectivity index (χ1n) is 2.53. The zero-order valence-corrected chi connectivity index (χ0v) is 8.36. The molecule has 0 aliphatic rings. The number of hydrogen-bond acceptors (Lipinski definition) is 1. The third-order valence-corrected chi connectivity index (χ3v) is 2.09. The Balaban J connectivity index is 3.30. The van der Waals surface area contributed by atoms with Gasteiger partial charge in [0.25, 0.3) is 0 Å². The van der Waals surface area contributed by atoms with Gasteiger partial charge in [-0.15, -0.1) is 0 Å². The van der Waals surface area contributed by atoms with Crippen molar-refractivity contribution in [2.45, 2.75) is 0 Å². The zero-order chi connectivity index (χ0) is 7.56. The van der Waals surface area contributed by atoms with Gasteiger partial charge in [-0.2, -0.15) is 0 Å². The first-order valence-corrected chi connectivity index (χ1v) is 4.18. The van der Waals surface area contributed by atoms with Crippen LogP contribution in [-0.4, -0.2) is 0 Å². The van der Waals surface area contributed by atoms with E-state index in [1.807, 2.05) is 0 Å². The van der Waals surface area contributed by atoms with Gasteiger partial charge in [0.2, 0.25) is 0 Å². The second kappa shape index (κ2) is 3.61. The van der Waals surface area contributed by atoms with E-state index in [4.69, 9.17) is 23.2 Å². The minimum absolute atomic E-state index is 0.595. The van der Waals surface area contributed by atoms with Gasteiger partial charge in [0, 0.05) is 0 Å². The van der Waals surface area contributed by atoms with Gasteiger partial charge in [0.15, 0.2) is 0 Å². The molecule has 0 aliphatic heterocycles. The van der Waals surface area contributed by atoms with Crippen LogP contribution in [0.4, 0.5) is 5.69 Å². The van der Waals surface area contributed by atoms with Crippen molar-refractivity contribution in [1.29, 1.82) is 0 Å². The van der Waals surface area contributed by atoms with Gasteiger partial charge >= 0.3 is 80.3 Å². The first-order chi connectivity index (χ1) is 4.75. The van der Waals surface area contributed by atoms with Crippen LogP contribution in [0.25, 0.3) is 0 Å². The Labute approximate surface area is 80.1 Å². The quantitative estimate of drug-likeness (QED) is 0.683. The van der Waals surface area contributed by atoms with Crippen LogP contribution in [0.15, 0.2) is 21.7 Å². The number of benzene rings is 1. The zero-order valence-electron chi connectivity index (χ0n) is 4.84. The van der Waals surface area contributed by atoms with Gasteiger partial charge in [0.05, 0.1) is 0 Å². The Morgan fingerprint density at radius 2 is 1.70 bits per heavy atom. The molecule has 1 aromatic rings. The molecule has 0 radical (unpaired) electrons. The summed E-state index contributed by atoms with van der Waals surface area (Å²) in [6.07, 6.45) is 0. The predicted molar refractivity (Wildman–Crippen MR) is 38.6 cm³/mol. The van der Waals surface area contributed by atoms with E-state index in [9.17, 15) is 0 Å². The molecular weight excluding hydrogens is 253 g/mol. The molecule has 0 aromatic heterocycles. The van der Waals surface area contributed by atoms with Crippen LogP contribution in [0.1, 0.15) is 0 Å². The summed E-state index contributed by atoms with van der Waals surface area (Å²) in [7, 11) is 0. The van der Waals surface area contributed by atoms with Crippen molar-refractivity contribution in [2.24, 2.45) is 3.50 Å². The molecule has 0 aliphatic carbocycles. The average Bonchev–Trinajstić information content (AvgIpc) is 1.88.